The van der Waals surface area contributed by atoms with Crippen LogP contribution >= 0.6 is 0 Å². The van der Waals surface area contributed by atoms with Crippen molar-refractivity contribution in [3.63, 3.8) is 0 Å². The lowest BCUT2D eigenvalue weighted by Gasteiger charge is -2.14. The highest BCUT2D eigenvalue weighted by molar-refractivity contribution is 5.75. The maximum atomic E-state index is 11.1. The van der Waals surface area contributed by atoms with E-state index in [2.05, 4.69) is 5.32 Å². The van der Waals surface area contributed by atoms with Crippen LogP contribution in [0, 0.1) is 10.1 Å². The molecule has 0 fully saturated rings. The van der Waals surface area contributed by atoms with Crippen molar-refractivity contribution in [1.82, 2.24) is 5.32 Å². The number of nitro benzene ring substituents is 1. The summed E-state index contributed by atoms with van der Waals surface area (Å²) >= 11 is 0. The number of rotatable bonds is 7. The number of nitro groups is 1. The van der Waals surface area contributed by atoms with Crippen LogP contribution in [0.2, 0.25) is 0 Å². The van der Waals surface area contributed by atoms with Crippen molar-refractivity contribution in [3.8, 4) is 0 Å². The van der Waals surface area contributed by atoms with E-state index in [0.29, 0.717) is 12.1 Å². The van der Waals surface area contributed by atoms with Gasteiger partial charge in [0.15, 0.2) is 0 Å². The molecular weight excluding hydrogens is 236 g/mol. The normalized spacial score (nSPS) is 12.1. The van der Waals surface area contributed by atoms with Gasteiger partial charge in [0.1, 0.15) is 6.04 Å². The van der Waals surface area contributed by atoms with Gasteiger partial charge in [-0.15, -0.1) is 0 Å². The lowest BCUT2D eigenvalue weighted by atomic mass is 10.1. The van der Waals surface area contributed by atoms with Crippen LogP contribution in [-0.4, -0.2) is 22.5 Å². The maximum Gasteiger partial charge on any atom is 0.325 e. The van der Waals surface area contributed by atoms with Gasteiger partial charge in [-0.2, -0.15) is 0 Å². The topological polar surface area (TPSA) is 92.5 Å². The summed E-state index contributed by atoms with van der Waals surface area (Å²) < 4.78 is 0. The minimum absolute atomic E-state index is 0.0450. The van der Waals surface area contributed by atoms with Crippen molar-refractivity contribution in [2.45, 2.75) is 25.8 Å². The highest BCUT2D eigenvalue weighted by Crippen LogP contribution is 2.18. The molecule has 0 amide bonds. The van der Waals surface area contributed by atoms with E-state index in [1.165, 1.54) is 24.3 Å². The second-order valence-corrected chi connectivity index (χ2v) is 3.93. The Morgan fingerprint density at radius 3 is 2.50 bits per heavy atom. The predicted molar refractivity (Wildman–Crippen MR) is 66.4 cm³/mol. The first-order valence-corrected chi connectivity index (χ1v) is 5.76. The first-order chi connectivity index (χ1) is 8.56. The van der Waals surface area contributed by atoms with Gasteiger partial charge in [0.2, 0.25) is 0 Å². The Morgan fingerprint density at radius 2 is 2.06 bits per heavy atom. The van der Waals surface area contributed by atoms with E-state index >= 15 is 0 Å². The second kappa shape index (κ2) is 6.70. The first kappa shape index (κ1) is 14.1. The van der Waals surface area contributed by atoms with Gasteiger partial charge in [-0.1, -0.05) is 25.5 Å². The molecule has 0 bridgehead atoms. The van der Waals surface area contributed by atoms with Crippen LogP contribution in [0.3, 0.4) is 0 Å². The molecule has 0 saturated heterocycles. The third kappa shape index (κ3) is 3.81. The SMILES string of the molecule is CCCCNC(C(=O)O)c1ccc([N+](=O)[O-])cc1. The van der Waals surface area contributed by atoms with E-state index < -0.39 is 16.9 Å². The first-order valence-electron chi connectivity index (χ1n) is 5.76. The molecular formula is C12H16N2O4. The summed E-state index contributed by atoms with van der Waals surface area (Å²) in [6, 6.07) is 4.74. The number of aliphatic carboxylic acids is 1. The van der Waals surface area contributed by atoms with Gasteiger partial charge in [0.05, 0.1) is 4.92 Å². The number of benzene rings is 1. The van der Waals surface area contributed by atoms with Gasteiger partial charge in [-0.3, -0.25) is 14.9 Å². The van der Waals surface area contributed by atoms with E-state index in [1.54, 1.807) is 0 Å². The largest absolute Gasteiger partial charge is 0.480 e. The molecule has 0 aromatic heterocycles. The molecule has 0 aliphatic heterocycles. The smallest absolute Gasteiger partial charge is 0.325 e. The molecule has 6 heteroatoms. The molecule has 0 saturated carbocycles. The van der Waals surface area contributed by atoms with Crippen molar-refractivity contribution < 1.29 is 14.8 Å². The molecule has 0 aliphatic carbocycles. The van der Waals surface area contributed by atoms with Crippen LogP contribution in [0.1, 0.15) is 31.4 Å². The van der Waals surface area contributed by atoms with Gasteiger partial charge >= 0.3 is 5.97 Å². The quantitative estimate of drug-likeness (QED) is 0.440. The van der Waals surface area contributed by atoms with Crippen LogP contribution in [0.15, 0.2) is 24.3 Å². The number of carboxylic acid groups (broad SMARTS) is 1. The van der Waals surface area contributed by atoms with Gasteiger partial charge in [0, 0.05) is 12.1 Å². The van der Waals surface area contributed by atoms with Gasteiger partial charge in [-0.25, -0.2) is 0 Å². The third-order valence-electron chi connectivity index (χ3n) is 2.56. The van der Waals surface area contributed by atoms with Crippen molar-refractivity contribution in [2.75, 3.05) is 6.54 Å². The van der Waals surface area contributed by atoms with Gasteiger partial charge in [0.25, 0.3) is 5.69 Å². The summed E-state index contributed by atoms with van der Waals surface area (Å²) in [5.74, 6) is -0.986. The molecule has 1 unspecified atom stereocenters. The third-order valence-corrected chi connectivity index (χ3v) is 2.56. The van der Waals surface area contributed by atoms with Crippen LogP contribution in [0.25, 0.3) is 0 Å². The molecule has 0 heterocycles. The zero-order valence-corrected chi connectivity index (χ0v) is 10.1. The average molecular weight is 252 g/mol. The number of hydrogen-bond acceptors (Lipinski definition) is 4. The average Bonchev–Trinajstić information content (AvgIpc) is 2.34. The van der Waals surface area contributed by atoms with Gasteiger partial charge in [-0.05, 0) is 18.5 Å². The number of carbonyl (C=O) groups is 1. The van der Waals surface area contributed by atoms with E-state index in [-0.39, 0.29) is 5.69 Å². The molecule has 0 aliphatic rings. The zero-order valence-electron chi connectivity index (χ0n) is 10.1. The molecule has 6 nitrogen and oxygen atoms in total. The Bertz CT molecular complexity index is 417. The number of carboxylic acids is 1. The Labute approximate surface area is 105 Å². The Morgan fingerprint density at radius 1 is 1.44 bits per heavy atom. The summed E-state index contributed by atoms with van der Waals surface area (Å²) in [4.78, 5) is 21.1. The molecule has 1 aromatic rings. The van der Waals surface area contributed by atoms with Crippen LogP contribution < -0.4 is 5.32 Å². The number of non-ortho nitro benzene ring substituents is 1. The number of unbranched alkanes of at least 4 members (excludes halogenated alkanes) is 1. The summed E-state index contributed by atoms with van der Waals surface area (Å²) in [5, 5.41) is 22.5. The summed E-state index contributed by atoms with van der Waals surface area (Å²) in [7, 11) is 0. The molecule has 18 heavy (non-hydrogen) atoms. The fraction of sp³-hybridized carbons (Fsp3) is 0.417. The van der Waals surface area contributed by atoms with E-state index in [4.69, 9.17) is 5.11 Å². The second-order valence-electron chi connectivity index (χ2n) is 3.93. The summed E-state index contributed by atoms with van der Waals surface area (Å²) in [6.07, 6.45) is 1.86. The standard InChI is InChI=1S/C12H16N2O4/c1-2-3-8-13-11(12(15)16)9-4-6-10(7-5-9)14(17)18/h4-7,11,13H,2-3,8H2,1H3,(H,15,16). The van der Waals surface area contributed by atoms with Crippen molar-refractivity contribution in [1.29, 1.82) is 0 Å². The molecule has 0 spiro atoms. The monoisotopic (exact) mass is 252 g/mol. The number of hydrogen-bond donors (Lipinski definition) is 2. The van der Waals surface area contributed by atoms with Gasteiger partial charge < -0.3 is 10.4 Å². The van der Waals surface area contributed by atoms with Crippen molar-refractivity contribution >= 4 is 11.7 Å². The van der Waals surface area contributed by atoms with Crippen LogP contribution in [0.4, 0.5) is 5.69 Å². The van der Waals surface area contributed by atoms with E-state index in [1.807, 2.05) is 6.92 Å². The highest BCUT2D eigenvalue weighted by Gasteiger charge is 2.19. The zero-order chi connectivity index (χ0) is 13.5. The summed E-state index contributed by atoms with van der Waals surface area (Å²) in [5.41, 5.74) is 0.473. The van der Waals surface area contributed by atoms with Crippen LogP contribution in [-0.2, 0) is 4.79 Å². The molecule has 1 aromatic carbocycles. The minimum Gasteiger partial charge on any atom is -0.480 e. The lowest BCUT2D eigenvalue weighted by Crippen LogP contribution is -2.29. The molecule has 2 N–H and O–H groups in total. The Kier molecular flexibility index (Phi) is 5.26. The Balaban J connectivity index is 2.79. The fourth-order valence-electron chi connectivity index (χ4n) is 1.56. The maximum absolute atomic E-state index is 11.1. The van der Waals surface area contributed by atoms with Crippen molar-refractivity contribution in [3.05, 3.63) is 39.9 Å². The van der Waals surface area contributed by atoms with Crippen LogP contribution in [0.5, 0.6) is 0 Å². The molecule has 0 radical (unpaired) electrons. The molecule has 98 valence electrons. The number of nitrogens with one attached hydrogen (secondary N) is 1. The number of nitrogens with zero attached hydrogens (tertiary/aromatic N) is 1. The summed E-state index contributed by atoms with van der Waals surface area (Å²) in [6.45, 7) is 2.62. The Hall–Kier alpha value is -1.95. The highest BCUT2D eigenvalue weighted by atomic mass is 16.6. The fourth-order valence-corrected chi connectivity index (χ4v) is 1.56. The van der Waals surface area contributed by atoms with E-state index in [9.17, 15) is 14.9 Å². The molecule has 1 atom stereocenters. The minimum atomic E-state index is -0.986. The lowest BCUT2D eigenvalue weighted by molar-refractivity contribution is -0.384. The van der Waals surface area contributed by atoms with E-state index in [0.717, 1.165) is 12.8 Å². The predicted octanol–water partition coefficient (Wildman–Crippen LogP) is 2.11. The van der Waals surface area contributed by atoms with Crippen molar-refractivity contribution in [2.24, 2.45) is 0 Å². The molecule has 1 rings (SSSR count).